The van der Waals surface area contributed by atoms with Crippen LogP contribution in [0.3, 0.4) is 0 Å². The fraction of sp³-hybridized carbons (Fsp3) is 0.182. The van der Waals surface area contributed by atoms with Crippen molar-refractivity contribution in [2.75, 3.05) is 14.1 Å². The van der Waals surface area contributed by atoms with Crippen LogP contribution in [0.4, 0.5) is 18.9 Å². The Bertz CT molecular complexity index is 509. The lowest BCUT2D eigenvalue weighted by atomic mass is 10.3. The highest BCUT2D eigenvalue weighted by Crippen LogP contribution is 2.21. The van der Waals surface area contributed by atoms with Crippen LogP contribution in [-0.2, 0) is 0 Å². The van der Waals surface area contributed by atoms with Crippen LogP contribution in [0.5, 0.6) is 0 Å². The molecular formula is C11H13F3N4. The second-order valence-corrected chi connectivity index (χ2v) is 3.72. The number of halogens is 3. The van der Waals surface area contributed by atoms with E-state index in [-0.39, 0.29) is 5.84 Å². The third-order valence-corrected chi connectivity index (χ3v) is 2.05. The summed E-state index contributed by atoms with van der Waals surface area (Å²) >= 11 is 0. The van der Waals surface area contributed by atoms with Gasteiger partial charge in [0.25, 0.3) is 0 Å². The summed E-state index contributed by atoms with van der Waals surface area (Å²) in [7, 11) is 3.36. The zero-order chi connectivity index (χ0) is 13.9. The Labute approximate surface area is 102 Å². The number of rotatable bonds is 3. The van der Waals surface area contributed by atoms with E-state index >= 15 is 0 Å². The second kappa shape index (κ2) is 5.44. The first-order valence-corrected chi connectivity index (χ1v) is 4.94. The van der Waals surface area contributed by atoms with Gasteiger partial charge in [0, 0.05) is 32.3 Å². The average molecular weight is 258 g/mol. The van der Waals surface area contributed by atoms with E-state index in [9.17, 15) is 13.2 Å². The van der Waals surface area contributed by atoms with Gasteiger partial charge in [0.1, 0.15) is 17.3 Å². The smallest absolute Gasteiger partial charge is 0.161 e. The van der Waals surface area contributed by atoms with Gasteiger partial charge in [0.05, 0.1) is 0 Å². The number of benzene rings is 1. The lowest BCUT2D eigenvalue weighted by Crippen LogP contribution is -2.21. The van der Waals surface area contributed by atoms with Crippen molar-refractivity contribution < 1.29 is 13.2 Å². The number of hydrogen-bond acceptors (Lipinski definition) is 3. The van der Waals surface area contributed by atoms with E-state index in [1.165, 1.54) is 6.08 Å². The van der Waals surface area contributed by atoms with Crippen LogP contribution in [0, 0.1) is 17.5 Å². The molecule has 7 heteroatoms. The van der Waals surface area contributed by atoms with Gasteiger partial charge in [-0.2, -0.15) is 0 Å². The molecule has 18 heavy (non-hydrogen) atoms. The highest BCUT2D eigenvalue weighted by Gasteiger charge is 2.09. The van der Waals surface area contributed by atoms with E-state index < -0.39 is 23.1 Å². The molecule has 0 spiro atoms. The van der Waals surface area contributed by atoms with Gasteiger partial charge < -0.3 is 16.4 Å². The summed E-state index contributed by atoms with van der Waals surface area (Å²) in [6.07, 6.45) is 1.28. The standard InChI is InChI=1S/C11H13F3N4/c1-18(2)11(16)5-10(15)17-9-4-7(13)6(12)3-8(9)14/h3-5H,16H2,1-2H3,(H2,15,17). The summed E-state index contributed by atoms with van der Waals surface area (Å²) in [4.78, 5) is 5.17. The summed E-state index contributed by atoms with van der Waals surface area (Å²) in [6.45, 7) is 0. The molecule has 0 bridgehead atoms. The van der Waals surface area contributed by atoms with Gasteiger partial charge in [0.2, 0.25) is 0 Å². The highest BCUT2D eigenvalue weighted by molar-refractivity contribution is 5.93. The van der Waals surface area contributed by atoms with Crippen LogP contribution in [0.15, 0.2) is 29.0 Å². The van der Waals surface area contributed by atoms with Gasteiger partial charge in [-0.25, -0.2) is 18.2 Å². The maximum absolute atomic E-state index is 13.3. The molecule has 0 amide bonds. The Morgan fingerprint density at radius 2 is 1.67 bits per heavy atom. The summed E-state index contributed by atoms with van der Waals surface area (Å²) in [5, 5.41) is 0. The molecule has 0 aliphatic rings. The van der Waals surface area contributed by atoms with E-state index in [0.717, 1.165) is 0 Å². The van der Waals surface area contributed by atoms with Gasteiger partial charge in [-0.1, -0.05) is 0 Å². The maximum atomic E-state index is 13.3. The van der Waals surface area contributed by atoms with Crippen LogP contribution in [-0.4, -0.2) is 24.8 Å². The molecule has 0 unspecified atom stereocenters. The van der Waals surface area contributed by atoms with Crippen molar-refractivity contribution in [3.8, 4) is 0 Å². The second-order valence-electron chi connectivity index (χ2n) is 3.72. The van der Waals surface area contributed by atoms with Gasteiger partial charge in [-0.15, -0.1) is 0 Å². The molecule has 1 aromatic rings. The van der Waals surface area contributed by atoms with Crippen LogP contribution >= 0.6 is 0 Å². The zero-order valence-electron chi connectivity index (χ0n) is 9.92. The van der Waals surface area contributed by atoms with Crippen LogP contribution in [0.1, 0.15) is 0 Å². The first kappa shape index (κ1) is 13.9. The molecule has 0 radical (unpaired) electrons. The van der Waals surface area contributed by atoms with E-state index in [2.05, 4.69) is 4.99 Å². The Hall–Kier alpha value is -2.18. The monoisotopic (exact) mass is 258 g/mol. The average Bonchev–Trinajstić information content (AvgIpc) is 2.25. The molecule has 0 heterocycles. The summed E-state index contributed by atoms with van der Waals surface area (Å²) in [5.41, 5.74) is 10.7. The highest BCUT2D eigenvalue weighted by atomic mass is 19.2. The fourth-order valence-corrected chi connectivity index (χ4v) is 1.05. The molecule has 0 saturated heterocycles. The van der Waals surface area contributed by atoms with E-state index in [1.54, 1.807) is 19.0 Å². The lowest BCUT2D eigenvalue weighted by Gasteiger charge is -2.11. The van der Waals surface area contributed by atoms with Gasteiger partial charge in [-0.3, -0.25) is 0 Å². The third-order valence-electron chi connectivity index (χ3n) is 2.05. The van der Waals surface area contributed by atoms with Crippen molar-refractivity contribution in [1.82, 2.24) is 4.90 Å². The summed E-state index contributed by atoms with van der Waals surface area (Å²) in [6, 6.07) is 1.03. The SMILES string of the molecule is CN(C)C(N)=CC(N)=Nc1cc(F)c(F)cc1F. The van der Waals surface area contributed by atoms with Crippen molar-refractivity contribution >= 4 is 11.5 Å². The van der Waals surface area contributed by atoms with E-state index in [1.807, 2.05) is 0 Å². The molecule has 0 aliphatic heterocycles. The lowest BCUT2D eigenvalue weighted by molar-refractivity contribution is 0.496. The number of nitrogens with two attached hydrogens (primary N) is 2. The molecular weight excluding hydrogens is 245 g/mol. The topological polar surface area (TPSA) is 67.6 Å². The molecule has 0 aromatic heterocycles. The number of aliphatic imine (C=N–C) groups is 1. The van der Waals surface area contributed by atoms with Crippen molar-refractivity contribution in [2.24, 2.45) is 16.5 Å². The van der Waals surface area contributed by atoms with Crippen molar-refractivity contribution in [3.05, 3.63) is 41.5 Å². The molecule has 0 fully saturated rings. The van der Waals surface area contributed by atoms with Crippen molar-refractivity contribution in [2.45, 2.75) is 0 Å². The quantitative estimate of drug-likeness (QED) is 0.490. The summed E-state index contributed by atoms with van der Waals surface area (Å²) < 4.78 is 38.8. The predicted molar refractivity (Wildman–Crippen MR) is 63.6 cm³/mol. The molecule has 0 atom stereocenters. The number of nitrogens with zero attached hydrogens (tertiary/aromatic N) is 2. The van der Waals surface area contributed by atoms with E-state index in [0.29, 0.717) is 18.0 Å². The maximum Gasteiger partial charge on any atom is 0.161 e. The molecule has 4 nitrogen and oxygen atoms in total. The Morgan fingerprint density at radius 1 is 1.11 bits per heavy atom. The van der Waals surface area contributed by atoms with Gasteiger partial charge >= 0.3 is 0 Å². The third kappa shape index (κ3) is 3.41. The minimum atomic E-state index is -1.28. The summed E-state index contributed by atoms with van der Waals surface area (Å²) in [5.74, 6) is -3.32. The van der Waals surface area contributed by atoms with Gasteiger partial charge in [-0.05, 0) is 0 Å². The number of amidine groups is 1. The first-order valence-electron chi connectivity index (χ1n) is 4.94. The fourth-order valence-electron chi connectivity index (χ4n) is 1.05. The van der Waals surface area contributed by atoms with Crippen molar-refractivity contribution in [1.29, 1.82) is 0 Å². The van der Waals surface area contributed by atoms with Crippen LogP contribution in [0.25, 0.3) is 0 Å². The van der Waals surface area contributed by atoms with Crippen LogP contribution in [0.2, 0.25) is 0 Å². The largest absolute Gasteiger partial charge is 0.385 e. The molecule has 0 saturated carbocycles. The van der Waals surface area contributed by atoms with Crippen LogP contribution < -0.4 is 11.5 Å². The van der Waals surface area contributed by atoms with Crippen molar-refractivity contribution in [3.63, 3.8) is 0 Å². The predicted octanol–water partition coefficient (Wildman–Crippen LogP) is 1.45. The molecule has 1 rings (SSSR count). The first-order chi connectivity index (χ1) is 8.31. The minimum absolute atomic E-state index is 0.119. The van der Waals surface area contributed by atoms with E-state index in [4.69, 9.17) is 11.5 Å². The molecule has 4 N–H and O–H groups in total. The Morgan fingerprint density at radius 3 is 2.22 bits per heavy atom. The minimum Gasteiger partial charge on any atom is -0.385 e. The molecule has 1 aromatic carbocycles. The Kier molecular flexibility index (Phi) is 4.19. The molecule has 98 valence electrons. The zero-order valence-corrected chi connectivity index (χ0v) is 9.92. The number of hydrogen-bond donors (Lipinski definition) is 2. The molecule has 0 aliphatic carbocycles. The Balaban J connectivity index is 3.10. The normalized spacial score (nSPS) is 12.7. The van der Waals surface area contributed by atoms with Gasteiger partial charge in [0.15, 0.2) is 17.5 Å².